The Labute approximate surface area is 122 Å². The summed E-state index contributed by atoms with van der Waals surface area (Å²) in [6, 6.07) is 8.14. The van der Waals surface area contributed by atoms with E-state index in [4.69, 9.17) is 0 Å². The van der Waals surface area contributed by atoms with Crippen molar-refractivity contribution < 1.29 is 4.79 Å². The Morgan fingerprint density at radius 1 is 1.45 bits per heavy atom. The van der Waals surface area contributed by atoms with Crippen molar-refractivity contribution in [3.8, 4) is 0 Å². The number of para-hydroxylation sites is 1. The number of nitrogens with one attached hydrogen (secondary N) is 2. The molecule has 1 aromatic carbocycles. The minimum Gasteiger partial charge on any atom is -0.355 e. The Kier molecular flexibility index (Phi) is 3.98. The summed E-state index contributed by atoms with van der Waals surface area (Å²) in [6.45, 7) is 4.53. The maximum atomic E-state index is 12.0. The summed E-state index contributed by atoms with van der Waals surface area (Å²) in [4.78, 5) is 16.6. The Balaban J connectivity index is 1.53. The Hall–Kier alpha value is -1.46. The smallest absolute Gasteiger partial charge is 0.224 e. The molecule has 1 aliphatic rings. The minimum atomic E-state index is 0.116. The zero-order chi connectivity index (χ0) is 13.9. The lowest BCUT2D eigenvalue weighted by molar-refractivity contribution is -0.125. The molecule has 1 aromatic heterocycles. The van der Waals surface area contributed by atoms with E-state index in [0.29, 0.717) is 12.5 Å². The van der Waals surface area contributed by atoms with Gasteiger partial charge in [-0.2, -0.15) is 0 Å². The van der Waals surface area contributed by atoms with Gasteiger partial charge in [0.2, 0.25) is 5.91 Å². The van der Waals surface area contributed by atoms with Crippen LogP contribution in [0, 0.1) is 11.8 Å². The molecule has 1 fully saturated rings. The summed E-state index contributed by atoms with van der Waals surface area (Å²) >= 11 is 1.71. The molecule has 4 nitrogen and oxygen atoms in total. The molecule has 3 rings (SSSR count). The first kappa shape index (κ1) is 13.5. The van der Waals surface area contributed by atoms with Crippen molar-refractivity contribution in [3.05, 3.63) is 29.3 Å². The molecule has 0 spiro atoms. The molecule has 0 saturated carbocycles. The second kappa shape index (κ2) is 5.89. The van der Waals surface area contributed by atoms with Crippen molar-refractivity contribution >= 4 is 27.5 Å². The molecule has 20 heavy (non-hydrogen) atoms. The number of amides is 1. The van der Waals surface area contributed by atoms with Gasteiger partial charge in [0.05, 0.1) is 21.1 Å². The number of hydrogen-bond acceptors (Lipinski definition) is 4. The summed E-state index contributed by atoms with van der Waals surface area (Å²) in [5, 5.41) is 7.38. The number of benzene rings is 1. The third-order valence-electron chi connectivity index (χ3n) is 3.83. The first-order chi connectivity index (χ1) is 9.74. The van der Waals surface area contributed by atoms with Crippen molar-refractivity contribution in [2.24, 2.45) is 11.8 Å². The molecule has 0 bridgehead atoms. The van der Waals surface area contributed by atoms with Crippen LogP contribution in [0.25, 0.3) is 10.2 Å². The normalized spacial score (nSPS) is 22.2. The van der Waals surface area contributed by atoms with E-state index in [-0.39, 0.29) is 11.8 Å². The number of hydrogen-bond donors (Lipinski definition) is 2. The maximum Gasteiger partial charge on any atom is 0.224 e. The lowest BCUT2D eigenvalue weighted by Gasteiger charge is -2.13. The van der Waals surface area contributed by atoms with Crippen LogP contribution in [0.15, 0.2) is 24.3 Å². The van der Waals surface area contributed by atoms with Gasteiger partial charge in [0.25, 0.3) is 0 Å². The second-order valence-electron chi connectivity index (χ2n) is 5.36. The fourth-order valence-electron chi connectivity index (χ4n) is 2.61. The number of carbonyl (C=O) groups excluding carboxylic acids is 1. The van der Waals surface area contributed by atoms with Crippen LogP contribution in [0.1, 0.15) is 11.9 Å². The SMILES string of the molecule is C[C@@H]1CNC[C@H]1C(=O)NCCc1nc2ccccc2s1. The minimum absolute atomic E-state index is 0.116. The van der Waals surface area contributed by atoms with Crippen molar-refractivity contribution in [2.75, 3.05) is 19.6 Å². The van der Waals surface area contributed by atoms with E-state index in [1.807, 2.05) is 18.2 Å². The van der Waals surface area contributed by atoms with Crippen LogP contribution in [0.5, 0.6) is 0 Å². The Morgan fingerprint density at radius 3 is 3.05 bits per heavy atom. The molecule has 2 aromatic rings. The van der Waals surface area contributed by atoms with Gasteiger partial charge in [0.15, 0.2) is 0 Å². The molecule has 0 unspecified atom stereocenters. The molecule has 0 aliphatic carbocycles. The van der Waals surface area contributed by atoms with E-state index >= 15 is 0 Å². The van der Waals surface area contributed by atoms with Crippen molar-refractivity contribution in [3.63, 3.8) is 0 Å². The highest BCUT2D eigenvalue weighted by Crippen LogP contribution is 2.21. The van der Waals surface area contributed by atoms with E-state index < -0.39 is 0 Å². The van der Waals surface area contributed by atoms with Gasteiger partial charge >= 0.3 is 0 Å². The fourth-order valence-corrected chi connectivity index (χ4v) is 3.58. The lowest BCUT2D eigenvalue weighted by atomic mass is 9.97. The molecule has 2 atom stereocenters. The quantitative estimate of drug-likeness (QED) is 0.902. The topological polar surface area (TPSA) is 54.0 Å². The predicted octanol–water partition coefficient (Wildman–Crippen LogP) is 1.81. The molecule has 106 valence electrons. The van der Waals surface area contributed by atoms with Gasteiger partial charge in [-0.25, -0.2) is 4.98 Å². The third-order valence-corrected chi connectivity index (χ3v) is 4.93. The summed E-state index contributed by atoms with van der Waals surface area (Å²) in [6.07, 6.45) is 0.805. The van der Waals surface area contributed by atoms with Crippen LogP contribution in [-0.2, 0) is 11.2 Å². The first-order valence-electron chi connectivity index (χ1n) is 7.07. The molecule has 1 amide bonds. The van der Waals surface area contributed by atoms with Crippen LogP contribution in [-0.4, -0.2) is 30.5 Å². The van der Waals surface area contributed by atoms with Gasteiger partial charge in [0, 0.05) is 19.5 Å². The van der Waals surface area contributed by atoms with Gasteiger partial charge in [-0.3, -0.25) is 4.79 Å². The second-order valence-corrected chi connectivity index (χ2v) is 6.47. The monoisotopic (exact) mass is 289 g/mol. The van der Waals surface area contributed by atoms with Gasteiger partial charge in [-0.1, -0.05) is 19.1 Å². The largest absolute Gasteiger partial charge is 0.355 e. The number of carbonyl (C=O) groups is 1. The van der Waals surface area contributed by atoms with E-state index in [2.05, 4.69) is 28.6 Å². The summed E-state index contributed by atoms with van der Waals surface area (Å²) in [7, 11) is 0. The zero-order valence-electron chi connectivity index (χ0n) is 11.6. The highest BCUT2D eigenvalue weighted by molar-refractivity contribution is 7.18. The predicted molar refractivity (Wildman–Crippen MR) is 81.9 cm³/mol. The molecule has 2 N–H and O–H groups in total. The average Bonchev–Trinajstić information content (AvgIpc) is 3.04. The van der Waals surface area contributed by atoms with Gasteiger partial charge < -0.3 is 10.6 Å². The number of thiazole rings is 1. The zero-order valence-corrected chi connectivity index (χ0v) is 12.4. The molecule has 1 aliphatic heterocycles. The average molecular weight is 289 g/mol. The number of aromatic nitrogens is 1. The molecular formula is C15H19N3OS. The standard InChI is InChI=1S/C15H19N3OS/c1-10-8-16-9-11(10)15(19)17-7-6-14-18-12-4-2-3-5-13(12)20-14/h2-5,10-11,16H,6-9H2,1H3,(H,17,19)/t10-,11-/m1/s1. The first-order valence-corrected chi connectivity index (χ1v) is 7.88. The molecule has 1 saturated heterocycles. The van der Waals surface area contributed by atoms with E-state index in [1.165, 1.54) is 4.70 Å². The number of nitrogens with zero attached hydrogens (tertiary/aromatic N) is 1. The summed E-state index contributed by atoms with van der Waals surface area (Å²) in [5.74, 6) is 0.714. The van der Waals surface area contributed by atoms with Crippen molar-refractivity contribution in [2.45, 2.75) is 13.3 Å². The number of fused-ring (bicyclic) bond motifs is 1. The highest BCUT2D eigenvalue weighted by atomic mass is 32.1. The highest BCUT2D eigenvalue weighted by Gasteiger charge is 2.29. The van der Waals surface area contributed by atoms with E-state index in [0.717, 1.165) is 30.0 Å². The van der Waals surface area contributed by atoms with Gasteiger partial charge in [-0.15, -0.1) is 11.3 Å². The van der Waals surface area contributed by atoms with Crippen LogP contribution in [0.3, 0.4) is 0 Å². The summed E-state index contributed by atoms with van der Waals surface area (Å²) < 4.78 is 1.21. The lowest BCUT2D eigenvalue weighted by Crippen LogP contribution is -2.35. The van der Waals surface area contributed by atoms with E-state index in [1.54, 1.807) is 11.3 Å². The molecule has 2 heterocycles. The number of rotatable bonds is 4. The maximum absolute atomic E-state index is 12.0. The molecule has 0 radical (unpaired) electrons. The Morgan fingerprint density at radius 2 is 2.30 bits per heavy atom. The van der Waals surface area contributed by atoms with Crippen LogP contribution in [0.4, 0.5) is 0 Å². The summed E-state index contributed by atoms with van der Waals surface area (Å²) in [5.41, 5.74) is 1.05. The third kappa shape index (κ3) is 2.83. The van der Waals surface area contributed by atoms with E-state index in [9.17, 15) is 4.79 Å². The van der Waals surface area contributed by atoms with Crippen LogP contribution in [0.2, 0.25) is 0 Å². The van der Waals surface area contributed by atoms with Crippen LogP contribution < -0.4 is 10.6 Å². The molecule has 5 heteroatoms. The molecular weight excluding hydrogens is 270 g/mol. The van der Waals surface area contributed by atoms with Crippen LogP contribution >= 0.6 is 11.3 Å². The fraction of sp³-hybridized carbons (Fsp3) is 0.467. The van der Waals surface area contributed by atoms with Gasteiger partial charge in [0.1, 0.15) is 0 Å². The van der Waals surface area contributed by atoms with Crippen molar-refractivity contribution in [1.29, 1.82) is 0 Å². The van der Waals surface area contributed by atoms with Crippen molar-refractivity contribution in [1.82, 2.24) is 15.6 Å². The Bertz CT molecular complexity index is 577. The van der Waals surface area contributed by atoms with Gasteiger partial charge in [-0.05, 0) is 24.6 Å².